The van der Waals surface area contributed by atoms with E-state index >= 15 is 0 Å². The number of carbonyl (C=O) groups excluding carboxylic acids is 1. The molecule has 0 atom stereocenters. The van der Waals surface area contributed by atoms with Gasteiger partial charge in [-0.1, -0.05) is 42.1 Å². The van der Waals surface area contributed by atoms with Crippen LogP contribution >= 0.6 is 23.2 Å². The lowest BCUT2D eigenvalue weighted by Gasteiger charge is -2.44. The average Bonchev–Trinajstić information content (AvgIpc) is 2.85. The van der Waals surface area contributed by atoms with Crippen LogP contribution in [0.4, 0.5) is 0 Å². The summed E-state index contributed by atoms with van der Waals surface area (Å²) in [6.07, 6.45) is 12.4. The van der Waals surface area contributed by atoms with Gasteiger partial charge in [0.2, 0.25) is 5.91 Å². The minimum Gasteiger partial charge on any atom is -1.00 e. The van der Waals surface area contributed by atoms with Crippen molar-refractivity contribution in [1.29, 1.82) is 0 Å². The van der Waals surface area contributed by atoms with E-state index in [1.54, 1.807) is 17.7 Å². The van der Waals surface area contributed by atoms with E-state index in [1.165, 1.54) is 45.1 Å². The van der Waals surface area contributed by atoms with Crippen LogP contribution in [0.3, 0.4) is 0 Å². The third-order valence-electron chi connectivity index (χ3n) is 8.39. The molecule has 0 unspecified atom stereocenters. The summed E-state index contributed by atoms with van der Waals surface area (Å²) in [5.74, 6) is 0.849. The minimum absolute atomic E-state index is 0. The van der Waals surface area contributed by atoms with Gasteiger partial charge in [-0.25, -0.2) is 0 Å². The van der Waals surface area contributed by atoms with Crippen molar-refractivity contribution in [3.63, 3.8) is 0 Å². The van der Waals surface area contributed by atoms with Crippen molar-refractivity contribution in [2.45, 2.75) is 70.3 Å². The molecule has 0 saturated carbocycles. The van der Waals surface area contributed by atoms with Crippen LogP contribution in [-0.4, -0.2) is 42.6 Å². The molecule has 37 heavy (non-hydrogen) atoms. The molecule has 2 aliphatic heterocycles. The number of piperidine rings is 1. The SMILES string of the molecule is CC[N+]1(C/C2=C\CCCCCC2)CCC(NC(=O)C2c3cc(Cl)ccc3Oc3ccc(Cl)cc32)CC1.[Br-]. The van der Waals surface area contributed by atoms with E-state index in [2.05, 4.69) is 18.3 Å². The molecule has 2 heterocycles. The molecule has 4 nitrogen and oxygen atoms in total. The molecule has 1 saturated heterocycles. The number of likely N-dealkylation sites (N-methyl/N-ethyl adjacent to an activating group) is 1. The average molecular weight is 608 g/mol. The Bertz CT molecular complexity index is 1090. The van der Waals surface area contributed by atoms with Crippen LogP contribution in [0.2, 0.25) is 10.0 Å². The molecule has 0 aromatic heterocycles. The van der Waals surface area contributed by atoms with Gasteiger partial charge >= 0.3 is 0 Å². The van der Waals surface area contributed by atoms with Crippen LogP contribution in [0.25, 0.3) is 0 Å². The quantitative estimate of drug-likeness (QED) is 0.398. The first-order valence-electron chi connectivity index (χ1n) is 13.6. The molecule has 0 radical (unpaired) electrons. The molecule has 1 fully saturated rings. The fourth-order valence-electron chi connectivity index (χ4n) is 6.21. The lowest BCUT2D eigenvalue weighted by atomic mass is 9.86. The van der Waals surface area contributed by atoms with Gasteiger partial charge in [0.1, 0.15) is 18.0 Å². The summed E-state index contributed by atoms with van der Waals surface area (Å²) in [6.45, 7) is 6.87. The third-order valence-corrected chi connectivity index (χ3v) is 8.86. The van der Waals surface area contributed by atoms with Crippen LogP contribution in [0.5, 0.6) is 11.5 Å². The van der Waals surface area contributed by atoms with E-state index in [4.69, 9.17) is 27.9 Å². The Morgan fingerprint density at radius 2 is 1.59 bits per heavy atom. The van der Waals surface area contributed by atoms with Crippen LogP contribution in [-0.2, 0) is 4.79 Å². The summed E-state index contributed by atoms with van der Waals surface area (Å²) in [6, 6.07) is 11.1. The molecule has 1 N–H and O–H groups in total. The number of allylic oxidation sites excluding steroid dienone is 1. The Morgan fingerprint density at radius 1 is 0.973 bits per heavy atom. The van der Waals surface area contributed by atoms with Gasteiger partial charge < -0.3 is 31.5 Å². The summed E-state index contributed by atoms with van der Waals surface area (Å²) in [5, 5.41) is 4.57. The van der Waals surface area contributed by atoms with Gasteiger partial charge in [-0.3, -0.25) is 4.79 Å². The second kappa shape index (κ2) is 12.5. The minimum atomic E-state index is -0.492. The molecule has 1 amide bonds. The van der Waals surface area contributed by atoms with E-state index < -0.39 is 5.92 Å². The maximum atomic E-state index is 13.8. The number of benzene rings is 2. The molecule has 1 aliphatic carbocycles. The number of amides is 1. The molecular weight excluding hydrogens is 571 g/mol. The first-order valence-corrected chi connectivity index (χ1v) is 14.3. The number of likely N-dealkylation sites (tertiary alicyclic amines) is 1. The maximum absolute atomic E-state index is 13.8. The number of ether oxygens (including phenoxy) is 1. The highest BCUT2D eigenvalue weighted by Gasteiger charge is 2.37. The number of halogens is 3. The lowest BCUT2D eigenvalue weighted by Crippen LogP contribution is -3.00. The molecular formula is C30H37BrCl2N2O2. The number of nitrogens with zero attached hydrogens (tertiary/aromatic N) is 1. The van der Waals surface area contributed by atoms with Gasteiger partial charge in [-0.15, -0.1) is 0 Å². The summed E-state index contributed by atoms with van der Waals surface area (Å²) >= 11 is 12.6. The number of rotatable bonds is 5. The molecule has 0 bridgehead atoms. The zero-order valence-corrected chi connectivity index (χ0v) is 24.7. The predicted molar refractivity (Wildman–Crippen MR) is 147 cm³/mol. The second-order valence-corrected chi connectivity index (χ2v) is 11.6. The Morgan fingerprint density at radius 3 is 2.22 bits per heavy atom. The van der Waals surface area contributed by atoms with Crippen molar-refractivity contribution in [3.8, 4) is 11.5 Å². The van der Waals surface area contributed by atoms with Crippen molar-refractivity contribution in [2.24, 2.45) is 0 Å². The highest BCUT2D eigenvalue weighted by molar-refractivity contribution is 6.31. The van der Waals surface area contributed by atoms with Gasteiger partial charge in [0.05, 0.1) is 25.6 Å². The van der Waals surface area contributed by atoms with Gasteiger partial charge in [0.15, 0.2) is 0 Å². The van der Waals surface area contributed by atoms with Crippen LogP contribution in [0.15, 0.2) is 48.0 Å². The van der Waals surface area contributed by atoms with Crippen LogP contribution in [0.1, 0.15) is 75.3 Å². The Balaban J connectivity index is 0.00000320. The standard InChI is InChI=1S/C30H36Cl2N2O2.BrH/c1-2-34(20-21-8-6-4-3-5-7-9-21)16-14-24(15-17-34)33-30(35)29-25-18-22(31)10-12-27(25)36-28-13-11-23(32)19-26(28)29;/h8,10-13,18-19,24,29H,2-7,9,14-17,20H2,1H3;1H/b21-8-;. The first-order chi connectivity index (χ1) is 17.5. The summed E-state index contributed by atoms with van der Waals surface area (Å²) < 4.78 is 7.23. The molecule has 2 aromatic carbocycles. The summed E-state index contributed by atoms with van der Waals surface area (Å²) in [4.78, 5) is 13.8. The Hall–Kier alpha value is -1.53. The smallest absolute Gasteiger partial charge is 0.232 e. The van der Waals surface area contributed by atoms with Crippen molar-refractivity contribution in [3.05, 3.63) is 69.2 Å². The van der Waals surface area contributed by atoms with Crippen molar-refractivity contribution >= 4 is 29.1 Å². The number of nitrogens with one attached hydrogen (secondary N) is 1. The molecule has 2 aromatic rings. The van der Waals surface area contributed by atoms with E-state index in [0.717, 1.165) is 48.1 Å². The lowest BCUT2D eigenvalue weighted by molar-refractivity contribution is -0.927. The molecule has 5 rings (SSSR count). The van der Waals surface area contributed by atoms with Gasteiger partial charge in [0.25, 0.3) is 0 Å². The Labute approximate surface area is 241 Å². The number of carbonyl (C=O) groups is 1. The van der Waals surface area contributed by atoms with E-state index in [9.17, 15) is 4.79 Å². The number of fused-ring (bicyclic) bond motifs is 2. The summed E-state index contributed by atoms with van der Waals surface area (Å²) in [7, 11) is 0. The van der Waals surface area contributed by atoms with Gasteiger partial charge in [-0.05, 0) is 74.6 Å². The first kappa shape index (κ1) is 28.5. The van der Waals surface area contributed by atoms with Crippen LogP contribution in [0, 0.1) is 0 Å². The van der Waals surface area contributed by atoms with Gasteiger partial charge in [0, 0.05) is 40.1 Å². The predicted octanol–water partition coefficient (Wildman–Crippen LogP) is 4.63. The van der Waals surface area contributed by atoms with E-state index in [1.807, 2.05) is 24.3 Å². The number of hydrogen-bond acceptors (Lipinski definition) is 2. The molecule has 0 spiro atoms. The monoisotopic (exact) mass is 606 g/mol. The molecule has 200 valence electrons. The zero-order chi connectivity index (χ0) is 25.1. The normalized spacial score (nSPS) is 25.2. The number of hydrogen-bond donors (Lipinski definition) is 1. The highest BCUT2D eigenvalue weighted by atomic mass is 79.9. The molecule has 7 heteroatoms. The van der Waals surface area contributed by atoms with Crippen molar-refractivity contribution in [2.75, 3.05) is 26.2 Å². The van der Waals surface area contributed by atoms with Crippen LogP contribution < -0.4 is 27.0 Å². The van der Waals surface area contributed by atoms with Crippen molar-refractivity contribution < 1.29 is 31.0 Å². The topological polar surface area (TPSA) is 38.3 Å². The maximum Gasteiger partial charge on any atom is 0.232 e. The molecule has 3 aliphatic rings. The zero-order valence-electron chi connectivity index (χ0n) is 21.6. The fourth-order valence-corrected chi connectivity index (χ4v) is 6.57. The third kappa shape index (κ3) is 6.55. The largest absolute Gasteiger partial charge is 1.00 e. The second-order valence-electron chi connectivity index (χ2n) is 10.8. The fraction of sp³-hybridized carbons (Fsp3) is 0.500. The van der Waals surface area contributed by atoms with E-state index in [-0.39, 0.29) is 28.9 Å². The van der Waals surface area contributed by atoms with Gasteiger partial charge in [-0.2, -0.15) is 0 Å². The van der Waals surface area contributed by atoms with E-state index in [0.29, 0.717) is 21.5 Å². The highest BCUT2D eigenvalue weighted by Crippen LogP contribution is 2.46. The van der Waals surface area contributed by atoms with Crippen molar-refractivity contribution in [1.82, 2.24) is 5.32 Å². The summed E-state index contributed by atoms with van der Waals surface area (Å²) in [5.41, 5.74) is 3.24. The Kier molecular flexibility index (Phi) is 9.66. The number of quaternary nitrogens is 1.